The maximum atomic E-state index is 14.1. The lowest BCUT2D eigenvalue weighted by Crippen LogP contribution is -2.38. The first-order chi connectivity index (χ1) is 12.6. The van der Waals surface area contributed by atoms with Crippen molar-refractivity contribution in [2.24, 2.45) is 0 Å². The van der Waals surface area contributed by atoms with Crippen molar-refractivity contribution in [1.82, 2.24) is 0 Å². The summed E-state index contributed by atoms with van der Waals surface area (Å²) in [7, 11) is 2.59. The lowest BCUT2D eigenvalue weighted by Gasteiger charge is -2.26. The molecule has 3 nitrogen and oxygen atoms in total. The highest BCUT2D eigenvalue weighted by Crippen LogP contribution is 2.40. The Morgan fingerprint density at radius 3 is 1.19 bits per heavy atom. The number of rotatable bonds is 8. The van der Waals surface area contributed by atoms with Gasteiger partial charge in [-0.1, -0.05) is 0 Å². The molecule has 2 atom stereocenters. The van der Waals surface area contributed by atoms with Gasteiger partial charge in [-0.25, -0.2) is 8.78 Å². The fourth-order valence-corrected chi connectivity index (χ4v) is 2.16. The maximum absolute atomic E-state index is 14.1. The van der Waals surface area contributed by atoms with Crippen molar-refractivity contribution in [3.05, 3.63) is 59.7 Å². The Morgan fingerprint density at radius 1 is 0.630 bits per heavy atom. The van der Waals surface area contributed by atoms with Gasteiger partial charge in [0.1, 0.15) is 11.5 Å². The van der Waals surface area contributed by atoms with Crippen LogP contribution in [0.2, 0.25) is 0 Å². The summed E-state index contributed by atoms with van der Waals surface area (Å²) in [6.45, 7) is 0. The Morgan fingerprint density at radius 2 is 0.926 bits per heavy atom. The van der Waals surface area contributed by atoms with E-state index in [1.54, 1.807) is 0 Å². The first-order valence-corrected chi connectivity index (χ1v) is 7.61. The Labute approximate surface area is 151 Å². The number of methoxy groups -OCH3 is 2. The number of hydrogen-bond acceptors (Lipinski definition) is 3. The van der Waals surface area contributed by atoms with Gasteiger partial charge in [0, 0.05) is 11.1 Å². The van der Waals surface area contributed by atoms with Crippen LogP contribution in [0.4, 0.5) is 26.3 Å². The molecule has 0 aliphatic heterocycles. The molecule has 0 aliphatic carbocycles. The zero-order valence-electron chi connectivity index (χ0n) is 14.3. The lowest BCUT2D eigenvalue weighted by atomic mass is 10.1. The van der Waals surface area contributed by atoms with E-state index in [1.807, 2.05) is 0 Å². The molecule has 0 saturated heterocycles. The Balaban J connectivity index is 2.14. The molecule has 0 amide bonds. The van der Waals surface area contributed by atoms with Gasteiger partial charge >= 0.3 is 11.8 Å². The first-order valence-electron chi connectivity index (χ1n) is 7.61. The molecule has 148 valence electrons. The summed E-state index contributed by atoms with van der Waals surface area (Å²) in [6.07, 6.45) is -7.27. The van der Waals surface area contributed by atoms with E-state index < -0.39 is 35.7 Å². The van der Waals surface area contributed by atoms with Crippen LogP contribution in [0.15, 0.2) is 48.5 Å². The second-order valence-electron chi connectivity index (χ2n) is 5.47. The molecule has 2 aromatic rings. The van der Waals surface area contributed by atoms with E-state index in [2.05, 4.69) is 4.74 Å². The minimum atomic E-state index is -4.35. The van der Waals surface area contributed by atoms with Gasteiger partial charge in [0.25, 0.3) is 12.7 Å². The second kappa shape index (κ2) is 8.08. The van der Waals surface area contributed by atoms with E-state index in [9.17, 15) is 26.3 Å². The predicted octanol–water partition coefficient (Wildman–Crippen LogP) is 5.20. The van der Waals surface area contributed by atoms with Crippen LogP contribution in [0.3, 0.4) is 0 Å². The van der Waals surface area contributed by atoms with Crippen molar-refractivity contribution < 1.29 is 40.6 Å². The normalized spacial score (nSPS) is 14.5. The molecule has 0 bridgehead atoms. The number of alkyl halides is 6. The van der Waals surface area contributed by atoms with Crippen molar-refractivity contribution in [2.45, 2.75) is 24.6 Å². The molecule has 27 heavy (non-hydrogen) atoms. The Hall–Kier alpha value is -2.42. The van der Waals surface area contributed by atoms with Gasteiger partial charge in [-0.2, -0.15) is 17.6 Å². The number of ether oxygens (including phenoxy) is 3. The summed E-state index contributed by atoms with van der Waals surface area (Å²) in [5.74, 6) is -8.26. The summed E-state index contributed by atoms with van der Waals surface area (Å²) < 4.78 is 97.3. The van der Waals surface area contributed by atoms with E-state index in [0.717, 1.165) is 48.5 Å². The highest BCUT2D eigenvalue weighted by atomic mass is 19.3. The standard InChI is InChI=1S/C18H16F6O3/c1-25-13-7-3-11(4-8-13)17(21,22)15(19)27-16(20)18(23,24)12-5-9-14(26-2)10-6-12/h3-10,15-16H,1-2H3/t15-,16-/m1/s1. The highest BCUT2D eigenvalue weighted by Gasteiger charge is 2.50. The summed E-state index contributed by atoms with van der Waals surface area (Å²) in [5.41, 5.74) is -1.76. The minimum absolute atomic E-state index is 0.222. The molecule has 0 heterocycles. The van der Waals surface area contributed by atoms with Crippen LogP contribution >= 0.6 is 0 Å². The topological polar surface area (TPSA) is 27.7 Å². The smallest absolute Gasteiger partial charge is 0.327 e. The van der Waals surface area contributed by atoms with Crippen molar-refractivity contribution in [3.8, 4) is 11.5 Å². The SMILES string of the molecule is COc1ccc(C(F)(F)[C@H](F)O[C@@H](F)C(F)(F)c2ccc(OC)cc2)cc1. The van der Waals surface area contributed by atoms with Crippen LogP contribution in [0.25, 0.3) is 0 Å². The van der Waals surface area contributed by atoms with Crippen LogP contribution in [-0.4, -0.2) is 26.9 Å². The van der Waals surface area contributed by atoms with Gasteiger partial charge in [0.05, 0.1) is 14.2 Å². The largest absolute Gasteiger partial charge is 0.497 e. The minimum Gasteiger partial charge on any atom is -0.497 e. The summed E-state index contributed by atoms with van der Waals surface area (Å²) in [6, 6.07) is 7.77. The molecule has 0 unspecified atom stereocenters. The molecule has 2 rings (SSSR count). The number of hydrogen-bond donors (Lipinski definition) is 0. The van der Waals surface area contributed by atoms with Crippen molar-refractivity contribution in [1.29, 1.82) is 0 Å². The molecule has 0 radical (unpaired) electrons. The maximum Gasteiger partial charge on any atom is 0.327 e. The van der Waals surface area contributed by atoms with E-state index in [4.69, 9.17) is 9.47 Å². The fraction of sp³-hybridized carbons (Fsp3) is 0.333. The van der Waals surface area contributed by atoms with Gasteiger partial charge in [0.2, 0.25) is 0 Å². The lowest BCUT2D eigenvalue weighted by molar-refractivity contribution is -0.295. The zero-order valence-corrected chi connectivity index (χ0v) is 14.3. The predicted molar refractivity (Wildman–Crippen MR) is 84.7 cm³/mol. The summed E-state index contributed by atoms with van der Waals surface area (Å²) in [5, 5.41) is 0. The van der Waals surface area contributed by atoms with E-state index >= 15 is 0 Å². The average Bonchev–Trinajstić information content (AvgIpc) is 2.67. The molecule has 0 saturated carbocycles. The van der Waals surface area contributed by atoms with E-state index in [-0.39, 0.29) is 11.5 Å². The molecule has 0 fully saturated rings. The molecule has 0 aliphatic rings. The molecule has 0 aromatic heterocycles. The molecule has 0 spiro atoms. The molecular weight excluding hydrogens is 378 g/mol. The van der Waals surface area contributed by atoms with Gasteiger partial charge in [-0.15, -0.1) is 0 Å². The Bertz CT molecular complexity index is 670. The summed E-state index contributed by atoms with van der Waals surface area (Å²) >= 11 is 0. The molecular formula is C18H16F6O3. The zero-order chi connectivity index (χ0) is 20.2. The van der Waals surface area contributed by atoms with Gasteiger partial charge in [-0.3, -0.25) is 0 Å². The molecule has 0 N–H and O–H groups in total. The number of halogens is 6. The third kappa shape index (κ3) is 4.47. The van der Waals surface area contributed by atoms with Gasteiger partial charge < -0.3 is 14.2 Å². The van der Waals surface area contributed by atoms with Crippen LogP contribution in [0.5, 0.6) is 11.5 Å². The Kier molecular flexibility index (Phi) is 6.25. The van der Waals surface area contributed by atoms with Crippen molar-refractivity contribution >= 4 is 0 Å². The third-order valence-corrected chi connectivity index (χ3v) is 3.76. The molecule has 9 heteroatoms. The van der Waals surface area contributed by atoms with Gasteiger partial charge in [-0.05, 0) is 48.5 Å². The third-order valence-electron chi connectivity index (χ3n) is 3.76. The number of benzene rings is 2. The van der Waals surface area contributed by atoms with Crippen molar-refractivity contribution in [2.75, 3.05) is 14.2 Å². The fourth-order valence-electron chi connectivity index (χ4n) is 2.16. The van der Waals surface area contributed by atoms with E-state index in [0.29, 0.717) is 0 Å². The van der Waals surface area contributed by atoms with Crippen LogP contribution in [0.1, 0.15) is 11.1 Å². The van der Waals surface area contributed by atoms with Crippen LogP contribution in [-0.2, 0) is 16.6 Å². The van der Waals surface area contributed by atoms with Gasteiger partial charge in [0.15, 0.2) is 0 Å². The van der Waals surface area contributed by atoms with Crippen LogP contribution < -0.4 is 9.47 Å². The van der Waals surface area contributed by atoms with Crippen LogP contribution in [0, 0.1) is 0 Å². The monoisotopic (exact) mass is 394 g/mol. The summed E-state index contributed by atoms with van der Waals surface area (Å²) in [4.78, 5) is 0. The molecule has 2 aromatic carbocycles. The highest BCUT2D eigenvalue weighted by molar-refractivity contribution is 5.31. The van der Waals surface area contributed by atoms with E-state index in [1.165, 1.54) is 14.2 Å². The quantitative estimate of drug-likeness (QED) is 0.577. The first kappa shape index (κ1) is 20.9. The second-order valence-corrected chi connectivity index (χ2v) is 5.47. The van der Waals surface area contributed by atoms with Crippen molar-refractivity contribution in [3.63, 3.8) is 0 Å². The average molecular weight is 394 g/mol.